The number of ether oxygens (including phenoxy) is 1. The number of nitrogens with zero attached hydrogens (tertiary/aromatic N) is 1. The van der Waals surface area contributed by atoms with Gasteiger partial charge in [-0.05, 0) is 60.9 Å². The SMILES string of the molecule is COc1cccc(CCNc2ccc(NS(=O)(=O)c3cccc(C)c3)nc2)c1. The molecule has 0 bridgehead atoms. The largest absolute Gasteiger partial charge is 0.497 e. The zero-order chi connectivity index (χ0) is 20.0. The Morgan fingerprint density at radius 1 is 1.04 bits per heavy atom. The van der Waals surface area contributed by atoms with Gasteiger partial charge in [-0.15, -0.1) is 0 Å². The predicted octanol–water partition coefficient (Wildman–Crippen LogP) is 3.85. The monoisotopic (exact) mass is 397 g/mol. The van der Waals surface area contributed by atoms with Crippen LogP contribution in [0, 0.1) is 6.92 Å². The Morgan fingerprint density at radius 3 is 2.57 bits per heavy atom. The molecule has 0 atom stereocenters. The first-order chi connectivity index (χ1) is 13.5. The fraction of sp³-hybridized carbons (Fsp3) is 0.190. The van der Waals surface area contributed by atoms with Gasteiger partial charge in [0.2, 0.25) is 0 Å². The van der Waals surface area contributed by atoms with Crippen molar-refractivity contribution in [1.29, 1.82) is 0 Å². The minimum atomic E-state index is -3.65. The molecule has 0 amide bonds. The maximum absolute atomic E-state index is 12.4. The number of hydrogen-bond donors (Lipinski definition) is 2. The molecule has 2 aromatic carbocycles. The molecule has 0 fully saturated rings. The number of pyridine rings is 1. The van der Waals surface area contributed by atoms with Crippen molar-refractivity contribution in [3.8, 4) is 5.75 Å². The molecule has 0 radical (unpaired) electrons. The van der Waals surface area contributed by atoms with Crippen LogP contribution < -0.4 is 14.8 Å². The van der Waals surface area contributed by atoms with Crippen molar-refractivity contribution in [2.24, 2.45) is 0 Å². The number of sulfonamides is 1. The second kappa shape index (κ2) is 8.75. The van der Waals surface area contributed by atoms with E-state index >= 15 is 0 Å². The Balaban J connectivity index is 1.57. The van der Waals surface area contributed by atoms with Crippen molar-refractivity contribution in [2.45, 2.75) is 18.2 Å². The number of hydrogen-bond acceptors (Lipinski definition) is 5. The van der Waals surface area contributed by atoms with Crippen molar-refractivity contribution >= 4 is 21.5 Å². The molecule has 3 rings (SSSR count). The summed E-state index contributed by atoms with van der Waals surface area (Å²) in [7, 11) is -2.00. The number of anilines is 2. The van der Waals surface area contributed by atoms with Crippen LogP contribution in [-0.4, -0.2) is 27.1 Å². The van der Waals surface area contributed by atoms with Gasteiger partial charge in [0.15, 0.2) is 0 Å². The second-order valence-corrected chi connectivity index (χ2v) is 8.06. The normalized spacial score (nSPS) is 11.1. The Labute approximate surface area is 165 Å². The van der Waals surface area contributed by atoms with Gasteiger partial charge in [0.05, 0.1) is 23.9 Å². The molecule has 0 aliphatic heterocycles. The van der Waals surface area contributed by atoms with Gasteiger partial charge in [-0.1, -0.05) is 24.3 Å². The summed E-state index contributed by atoms with van der Waals surface area (Å²) in [5, 5.41) is 3.28. The molecular weight excluding hydrogens is 374 g/mol. The highest BCUT2D eigenvalue weighted by molar-refractivity contribution is 7.92. The van der Waals surface area contributed by atoms with Gasteiger partial charge in [0, 0.05) is 6.54 Å². The number of aromatic nitrogens is 1. The number of benzene rings is 2. The Bertz CT molecular complexity index is 1030. The minimum absolute atomic E-state index is 0.217. The highest BCUT2D eigenvalue weighted by Crippen LogP contribution is 2.17. The Morgan fingerprint density at radius 2 is 1.86 bits per heavy atom. The van der Waals surface area contributed by atoms with Crippen LogP contribution in [0.15, 0.2) is 71.8 Å². The summed E-state index contributed by atoms with van der Waals surface area (Å²) in [5.41, 5.74) is 2.87. The Hall–Kier alpha value is -3.06. The van der Waals surface area contributed by atoms with Crippen molar-refractivity contribution in [3.63, 3.8) is 0 Å². The lowest BCUT2D eigenvalue weighted by atomic mass is 10.1. The molecule has 0 aliphatic carbocycles. The van der Waals surface area contributed by atoms with E-state index in [1.165, 1.54) is 5.56 Å². The van der Waals surface area contributed by atoms with Crippen LogP contribution in [0.2, 0.25) is 0 Å². The lowest BCUT2D eigenvalue weighted by Crippen LogP contribution is -2.14. The minimum Gasteiger partial charge on any atom is -0.497 e. The van der Waals surface area contributed by atoms with Gasteiger partial charge in [0.25, 0.3) is 10.0 Å². The van der Waals surface area contributed by atoms with E-state index in [-0.39, 0.29) is 10.7 Å². The topological polar surface area (TPSA) is 80.3 Å². The third-order valence-corrected chi connectivity index (χ3v) is 5.53. The Kier molecular flexibility index (Phi) is 6.16. The number of rotatable bonds is 8. The molecule has 0 saturated heterocycles. The van der Waals surface area contributed by atoms with E-state index in [0.717, 1.165) is 30.0 Å². The van der Waals surface area contributed by atoms with Crippen LogP contribution in [0.1, 0.15) is 11.1 Å². The maximum atomic E-state index is 12.4. The molecule has 2 N–H and O–H groups in total. The highest BCUT2D eigenvalue weighted by atomic mass is 32.2. The van der Waals surface area contributed by atoms with Crippen LogP contribution >= 0.6 is 0 Å². The first kappa shape index (κ1) is 19.7. The molecule has 1 heterocycles. The molecule has 7 heteroatoms. The zero-order valence-corrected chi connectivity index (χ0v) is 16.7. The molecule has 28 heavy (non-hydrogen) atoms. The summed E-state index contributed by atoms with van der Waals surface area (Å²) in [6, 6.07) is 18.1. The predicted molar refractivity (Wildman–Crippen MR) is 111 cm³/mol. The van der Waals surface area contributed by atoms with Crippen LogP contribution in [0.3, 0.4) is 0 Å². The lowest BCUT2D eigenvalue weighted by molar-refractivity contribution is 0.414. The van der Waals surface area contributed by atoms with Crippen LogP contribution in [0.25, 0.3) is 0 Å². The third-order valence-electron chi connectivity index (χ3n) is 4.18. The molecule has 0 unspecified atom stereocenters. The van der Waals surface area contributed by atoms with Crippen molar-refractivity contribution in [3.05, 3.63) is 78.0 Å². The number of methoxy groups -OCH3 is 1. The van der Waals surface area contributed by atoms with Gasteiger partial charge in [-0.2, -0.15) is 0 Å². The van der Waals surface area contributed by atoms with Crippen LogP contribution in [-0.2, 0) is 16.4 Å². The van der Waals surface area contributed by atoms with E-state index in [2.05, 4.69) is 15.0 Å². The molecular formula is C21H23N3O3S. The molecule has 1 aromatic heterocycles. The number of aryl methyl sites for hydroxylation is 1. The van der Waals surface area contributed by atoms with E-state index < -0.39 is 10.0 Å². The molecule has 6 nitrogen and oxygen atoms in total. The standard InChI is InChI=1S/C21H23N3O3S/c1-16-5-3-8-20(13-16)28(25,26)24-21-10-9-18(15-23-21)22-12-11-17-6-4-7-19(14-17)27-2/h3-10,13-15,22H,11-12H2,1-2H3,(H,23,24). The molecule has 0 aliphatic rings. The average Bonchev–Trinajstić information content (AvgIpc) is 2.69. The maximum Gasteiger partial charge on any atom is 0.263 e. The van der Waals surface area contributed by atoms with Crippen LogP contribution in [0.4, 0.5) is 11.5 Å². The summed E-state index contributed by atoms with van der Waals surface area (Å²) < 4.78 is 32.6. The quantitative estimate of drug-likeness (QED) is 0.603. The molecule has 146 valence electrons. The molecule has 0 saturated carbocycles. The van der Waals surface area contributed by atoms with Gasteiger partial charge < -0.3 is 10.1 Å². The highest BCUT2D eigenvalue weighted by Gasteiger charge is 2.14. The molecule has 3 aromatic rings. The van der Waals surface area contributed by atoms with Crippen molar-refractivity contribution in [1.82, 2.24) is 4.98 Å². The summed E-state index contributed by atoms with van der Waals surface area (Å²) >= 11 is 0. The summed E-state index contributed by atoms with van der Waals surface area (Å²) in [6.45, 7) is 2.58. The van der Waals surface area contributed by atoms with Gasteiger partial charge in [-0.25, -0.2) is 13.4 Å². The zero-order valence-electron chi connectivity index (χ0n) is 15.8. The average molecular weight is 398 g/mol. The third kappa shape index (κ3) is 5.23. The van der Waals surface area contributed by atoms with Crippen molar-refractivity contribution < 1.29 is 13.2 Å². The van der Waals surface area contributed by atoms with Crippen LogP contribution in [0.5, 0.6) is 5.75 Å². The van der Waals surface area contributed by atoms with E-state index in [1.54, 1.807) is 43.6 Å². The fourth-order valence-corrected chi connectivity index (χ4v) is 3.83. The summed E-state index contributed by atoms with van der Waals surface area (Å²) in [4.78, 5) is 4.41. The van der Waals surface area contributed by atoms with Crippen molar-refractivity contribution in [2.75, 3.05) is 23.7 Å². The lowest BCUT2D eigenvalue weighted by Gasteiger charge is -2.10. The second-order valence-electron chi connectivity index (χ2n) is 6.38. The van der Waals surface area contributed by atoms with Gasteiger partial charge in [0.1, 0.15) is 11.6 Å². The summed E-state index contributed by atoms with van der Waals surface area (Å²) in [6.07, 6.45) is 2.44. The van der Waals surface area contributed by atoms with E-state index in [4.69, 9.17) is 4.74 Å². The summed E-state index contributed by atoms with van der Waals surface area (Å²) in [5.74, 6) is 1.12. The first-order valence-corrected chi connectivity index (χ1v) is 10.4. The van der Waals surface area contributed by atoms with E-state index in [0.29, 0.717) is 0 Å². The van der Waals surface area contributed by atoms with E-state index in [9.17, 15) is 8.42 Å². The van der Waals surface area contributed by atoms with E-state index in [1.807, 2.05) is 37.3 Å². The fourth-order valence-electron chi connectivity index (χ4n) is 2.72. The van der Waals surface area contributed by atoms with Gasteiger partial charge in [-0.3, -0.25) is 4.72 Å². The molecule has 0 spiro atoms. The number of nitrogens with one attached hydrogen (secondary N) is 2. The smallest absolute Gasteiger partial charge is 0.263 e. The van der Waals surface area contributed by atoms with Gasteiger partial charge >= 0.3 is 0 Å². The first-order valence-electron chi connectivity index (χ1n) is 8.88.